The Kier molecular flexibility index (Phi) is 5.54. The summed E-state index contributed by atoms with van der Waals surface area (Å²) in [5.41, 5.74) is 1.56. The van der Waals surface area contributed by atoms with E-state index in [9.17, 15) is 19.2 Å². The van der Waals surface area contributed by atoms with E-state index < -0.39 is 18.0 Å². The van der Waals surface area contributed by atoms with Crippen LogP contribution in [0.3, 0.4) is 0 Å². The van der Waals surface area contributed by atoms with Gasteiger partial charge in [-0.2, -0.15) is 0 Å². The molecule has 0 saturated carbocycles. The molecule has 0 aromatic heterocycles. The SMILES string of the molecule is CCC(=O)Nc1ccc(C(=O)CN2C(=O)C(C)N(c3ccccc3)C2=O)cc1. The summed E-state index contributed by atoms with van der Waals surface area (Å²) in [7, 11) is 0. The fourth-order valence-electron chi connectivity index (χ4n) is 3.02. The maximum Gasteiger partial charge on any atom is 0.332 e. The van der Waals surface area contributed by atoms with Crippen LogP contribution in [0.4, 0.5) is 16.2 Å². The van der Waals surface area contributed by atoms with E-state index in [1.165, 1.54) is 4.90 Å². The number of nitrogens with one attached hydrogen (secondary N) is 1. The number of carbonyl (C=O) groups excluding carboxylic acids is 4. The van der Waals surface area contributed by atoms with Gasteiger partial charge in [-0.25, -0.2) is 4.79 Å². The van der Waals surface area contributed by atoms with E-state index in [0.717, 1.165) is 4.90 Å². The van der Waals surface area contributed by atoms with Crippen molar-refractivity contribution < 1.29 is 19.2 Å². The second kappa shape index (κ2) is 8.04. The highest BCUT2D eigenvalue weighted by molar-refractivity contribution is 6.16. The predicted molar refractivity (Wildman–Crippen MR) is 105 cm³/mol. The number of hydrogen-bond acceptors (Lipinski definition) is 4. The normalized spacial score (nSPS) is 16.4. The second-order valence-electron chi connectivity index (χ2n) is 6.49. The van der Waals surface area contributed by atoms with E-state index in [2.05, 4.69) is 5.32 Å². The van der Waals surface area contributed by atoms with Gasteiger partial charge in [-0.05, 0) is 43.3 Å². The molecule has 7 heteroatoms. The van der Waals surface area contributed by atoms with Crippen LogP contribution in [0.2, 0.25) is 0 Å². The summed E-state index contributed by atoms with van der Waals surface area (Å²) in [6.45, 7) is 3.06. The number of hydrogen-bond donors (Lipinski definition) is 1. The zero-order valence-electron chi connectivity index (χ0n) is 15.7. The first-order valence-electron chi connectivity index (χ1n) is 9.05. The van der Waals surface area contributed by atoms with Crippen LogP contribution in [0.5, 0.6) is 0 Å². The van der Waals surface area contributed by atoms with E-state index in [0.29, 0.717) is 23.4 Å². The van der Waals surface area contributed by atoms with Crippen LogP contribution in [-0.2, 0) is 9.59 Å². The molecule has 1 aliphatic heterocycles. The molecule has 1 heterocycles. The van der Waals surface area contributed by atoms with Crippen LogP contribution in [0.1, 0.15) is 30.6 Å². The van der Waals surface area contributed by atoms with Crippen molar-refractivity contribution in [2.75, 3.05) is 16.8 Å². The monoisotopic (exact) mass is 379 g/mol. The Bertz CT molecular complexity index is 909. The summed E-state index contributed by atoms with van der Waals surface area (Å²) in [5, 5.41) is 2.70. The summed E-state index contributed by atoms with van der Waals surface area (Å²) in [6.07, 6.45) is 0.357. The molecule has 3 rings (SSSR count). The molecule has 0 radical (unpaired) electrons. The molecule has 0 spiro atoms. The molecule has 1 N–H and O–H groups in total. The molecule has 4 amide bonds. The lowest BCUT2D eigenvalue weighted by Crippen LogP contribution is -2.37. The summed E-state index contributed by atoms with van der Waals surface area (Å²) >= 11 is 0. The Hall–Kier alpha value is -3.48. The third-order valence-corrected chi connectivity index (χ3v) is 4.60. The van der Waals surface area contributed by atoms with Crippen LogP contribution in [0, 0.1) is 0 Å². The minimum absolute atomic E-state index is 0.123. The second-order valence-corrected chi connectivity index (χ2v) is 6.49. The van der Waals surface area contributed by atoms with Gasteiger partial charge in [0.25, 0.3) is 5.91 Å². The number of anilines is 2. The molecule has 1 aliphatic rings. The summed E-state index contributed by atoms with van der Waals surface area (Å²) in [4.78, 5) is 51.6. The number of rotatable bonds is 6. The van der Waals surface area contributed by atoms with Crippen molar-refractivity contribution in [1.82, 2.24) is 4.90 Å². The number of ketones is 1. The van der Waals surface area contributed by atoms with Gasteiger partial charge in [0.05, 0.1) is 6.54 Å². The van der Waals surface area contributed by atoms with Gasteiger partial charge >= 0.3 is 6.03 Å². The number of imide groups is 1. The highest BCUT2D eigenvalue weighted by Crippen LogP contribution is 2.25. The Morgan fingerprint density at radius 3 is 2.25 bits per heavy atom. The molecular formula is C21H21N3O4. The number of nitrogens with zero attached hydrogens (tertiary/aromatic N) is 2. The van der Waals surface area contributed by atoms with Crippen molar-refractivity contribution in [2.45, 2.75) is 26.3 Å². The van der Waals surface area contributed by atoms with E-state index in [1.54, 1.807) is 62.4 Å². The highest BCUT2D eigenvalue weighted by atomic mass is 16.2. The fourth-order valence-corrected chi connectivity index (χ4v) is 3.02. The van der Waals surface area contributed by atoms with Gasteiger partial charge in [0.1, 0.15) is 6.04 Å². The van der Waals surface area contributed by atoms with Gasteiger partial charge in [-0.3, -0.25) is 24.2 Å². The Morgan fingerprint density at radius 1 is 1.00 bits per heavy atom. The molecule has 1 fully saturated rings. The molecule has 2 aromatic rings. The number of para-hydroxylation sites is 1. The van der Waals surface area contributed by atoms with E-state index >= 15 is 0 Å². The van der Waals surface area contributed by atoms with Gasteiger partial charge < -0.3 is 5.32 Å². The first-order valence-corrected chi connectivity index (χ1v) is 9.05. The molecule has 28 heavy (non-hydrogen) atoms. The van der Waals surface area contributed by atoms with Crippen molar-refractivity contribution >= 4 is 35.0 Å². The third kappa shape index (κ3) is 3.78. The maximum absolute atomic E-state index is 12.7. The van der Waals surface area contributed by atoms with Crippen molar-refractivity contribution in [3.8, 4) is 0 Å². The Labute approximate surface area is 162 Å². The Balaban J connectivity index is 1.72. The minimum Gasteiger partial charge on any atom is -0.326 e. The summed E-state index contributed by atoms with van der Waals surface area (Å²) in [5.74, 6) is -0.881. The first kappa shape index (κ1) is 19.3. The fraction of sp³-hybridized carbons (Fsp3) is 0.238. The molecule has 7 nitrogen and oxygen atoms in total. The van der Waals surface area contributed by atoms with Crippen LogP contribution in [-0.4, -0.2) is 41.1 Å². The molecule has 1 unspecified atom stereocenters. The van der Waals surface area contributed by atoms with E-state index in [4.69, 9.17) is 0 Å². The summed E-state index contributed by atoms with van der Waals surface area (Å²) < 4.78 is 0. The van der Waals surface area contributed by atoms with E-state index in [-0.39, 0.29) is 18.2 Å². The van der Waals surface area contributed by atoms with Crippen molar-refractivity contribution in [3.05, 3.63) is 60.2 Å². The van der Waals surface area contributed by atoms with Gasteiger partial charge in [0.15, 0.2) is 5.78 Å². The minimum atomic E-state index is -0.672. The highest BCUT2D eigenvalue weighted by Gasteiger charge is 2.43. The number of amides is 4. The average molecular weight is 379 g/mol. The van der Waals surface area contributed by atoms with E-state index in [1.807, 2.05) is 6.07 Å². The van der Waals surface area contributed by atoms with Crippen molar-refractivity contribution in [1.29, 1.82) is 0 Å². The van der Waals surface area contributed by atoms with Gasteiger partial charge in [-0.1, -0.05) is 25.1 Å². The lowest BCUT2D eigenvalue weighted by molar-refractivity contribution is -0.126. The van der Waals surface area contributed by atoms with Crippen LogP contribution < -0.4 is 10.2 Å². The molecular weight excluding hydrogens is 358 g/mol. The lowest BCUT2D eigenvalue weighted by Gasteiger charge is -2.19. The molecule has 0 aliphatic carbocycles. The van der Waals surface area contributed by atoms with Crippen LogP contribution in [0.25, 0.3) is 0 Å². The largest absolute Gasteiger partial charge is 0.332 e. The molecule has 1 atom stereocenters. The molecule has 1 saturated heterocycles. The zero-order chi connectivity index (χ0) is 20.3. The lowest BCUT2D eigenvalue weighted by atomic mass is 10.1. The average Bonchev–Trinajstić information content (AvgIpc) is 2.92. The topological polar surface area (TPSA) is 86.8 Å². The molecule has 0 bridgehead atoms. The van der Waals surface area contributed by atoms with Gasteiger partial charge in [0.2, 0.25) is 5.91 Å². The van der Waals surface area contributed by atoms with Gasteiger partial charge in [-0.15, -0.1) is 0 Å². The number of Topliss-reactive ketones (excluding diaryl/α,β-unsaturated/α-hetero) is 1. The predicted octanol–water partition coefficient (Wildman–Crippen LogP) is 3.08. The van der Waals surface area contributed by atoms with Crippen LogP contribution in [0.15, 0.2) is 54.6 Å². The standard InChI is InChI=1S/C21H21N3O4/c1-3-19(26)22-16-11-9-15(10-12-16)18(25)13-23-20(27)14(2)24(21(23)28)17-7-5-4-6-8-17/h4-12,14H,3,13H2,1-2H3,(H,22,26). The quantitative estimate of drug-likeness (QED) is 0.617. The maximum atomic E-state index is 12.7. The van der Waals surface area contributed by atoms with Gasteiger partial charge in [0, 0.05) is 23.4 Å². The third-order valence-electron chi connectivity index (χ3n) is 4.60. The number of urea groups is 1. The number of benzene rings is 2. The zero-order valence-corrected chi connectivity index (χ0v) is 15.7. The van der Waals surface area contributed by atoms with Crippen molar-refractivity contribution in [2.24, 2.45) is 0 Å². The first-order chi connectivity index (χ1) is 13.4. The number of carbonyl (C=O) groups is 4. The smallest absolute Gasteiger partial charge is 0.326 e. The Morgan fingerprint density at radius 2 is 1.64 bits per heavy atom. The molecule has 2 aromatic carbocycles. The summed E-state index contributed by atoms with van der Waals surface area (Å²) in [6, 6.07) is 14.1. The molecule has 144 valence electrons. The van der Waals surface area contributed by atoms with Crippen LogP contribution >= 0.6 is 0 Å². The van der Waals surface area contributed by atoms with Crippen molar-refractivity contribution in [3.63, 3.8) is 0 Å².